The van der Waals surface area contributed by atoms with E-state index in [0.29, 0.717) is 16.7 Å². The van der Waals surface area contributed by atoms with Gasteiger partial charge in [-0.1, -0.05) is 0 Å². The Hall–Kier alpha value is -0.750. The highest BCUT2D eigenvalue weighted by molar-refractivity contribution is 7.11. The van der Waals surface area contributed by atoms with Crippen LogP contribution in [0.15, 0.2) is 11.4 Å². The fraction of sp³-hybridized carbons (Fsp3) is 0.375. The molecule has 0 aliphatic heterocycles. The van der Waals surface area contributed by atoms with E-state index >= 15 is 0 Å². The molecule has 0 fully saturated rings. The Kier molecular flexibility index (Phi) is 3.56. The molecule has 0 saturated heterocycles. The standard InChI is InChI=1S/C8H11NO3S/c9-3-6(11)8(12)5-1-2-13-7(5)4-10/h1-2,4,6,8,11-12H,3,9H2. The maximum absolute atomic E-state index is 10.5. The Balaban J connectivity index is 2.87. The molecular formula is C8H11NO3S. The van der Waals surface area contributed by atoms with Crippen molar-refractivity contribution in [1.82, 2.24) is 0 Å². The molecule has 2 atom stereocenters. The number of carbonyl (C=O) groups excluding carboxylic acids is 1. The SMILES string of the molecule is NCC(O)C(O)c1ccsc1C=O. The van der Waals surface area contributed by atoms with Crippen LogP contribution in [-0.4, -0.2) is 29.1 Å². The summed E-state index contributed by atoms with van der Waals surface area (Å²) < 4.78 is 0. The van der Waals surface area contributed by atoms with Gasteiger partial charge in [0.15, 0.2) is 6.29 Å². The molecule has 0 bridgehead atoms. The first-order valence-electron chi connectivity index (χ1n) is 3.79. The van der Waals surface area contributed by atoms with Gasteiger partial charge in [-0.2, -0.15) is 0 Å². The molecule has 4 nitrogen and oxygen atoms in total. The van der Waals surface area contributed by atoms with Crippen LogP contribution in [0.4, 0.5) is 0 Å². The van der Waals surface area contributed by atoms with E-state index in [1.165, 1.54) is 11.3 Å². The van der Waals surface area contributed by atoms with Crippen LogP contribution in [0.2, 0.25) is 0 Å². The Bertz CT molecular complexity index is 287. The average Bonchev–Trinajstić information content (AvgIpc) is 2.62. The first-order chi connectivity index (χ1) is 6.20. The molecule has 1 heterocycles. The van der Waals surface area contributed by atoms with Gasteiger partial charge in [-0.05, 0) is 11.4 Å². The zero-order chi connectivity index (χ0) is 9.84. The number of rotatable bonds is 4. The van der Waals surface area contributed by atoms with Gasteiger partial charge in [-0.3, -0.25) is 4.79 Å². The van der Waals surface area contributed by atoms with Crippen LogP contribution in [0.3, 0.4) is 0 Å². The third-order valence-electron chi connectivity index (χ3n) is 1.76. The lowest BCUT2D eigenvalue weighted by molar-refractivity contribution is 0.0243. The number of aliphatic hydroxyl groups excluding tert-OH is 2. The summed E-state index contributed by atoms with van der Waals surface area (Å²) in [4.78, 5) is 10.9. The third kappa shape index (κ3) is 2.13. The van der Waals surface area contributed by atoms with Gasteiger partial charge in [0.25, 0.3) is 0 Å². The Morgan fingerprint density at radius 2 is 2.31 bits per heavy atom. The topological polar surface area (TPSA) is 83.6 Å². The number of aliphatic hydroxyl groups is 2. The number of aldehydes is 1. The quantitative estimate of drug-likeness (QED) is 0.595. The van der Waals surface area contributed by atoms with E-state index in [-0.39, 0.29) is 6.54 Å². The molecular weight excluding hydrogens is 190 g/mol. The molecule has 0 aliphatic rings. The van der Waals surface area contributed by atoms with Crippen molar-refractivity contribution in [1.29, 1.82) is 0 Å². The molecule has 0 aromatic carbocycles. The van der Waals surface area contributed by atoms with Gasteiger partial charge >= 0.3 is 0 Å². The molecule has 1 aromatic rings. The monoisotopic (exact) mass is 201 g/mol. The second-order valence-corrected chi connectivity index (χ2v) is 3.55. The molecule has 5 heteroatoms. The molecule has 2 unspecified atom stereocenters. The summed E-state index contributed by atoms with van der Waals surface area (Å²) in [5, 5.41) is 20.4. The smallest absolute Gasteiger partial charge is 0.160 e. The fourth-order valence-corrected chi connectivity index (χ4v) is 1.75. The zero-order valence-corrected chi connectivity index (χ0v) is 7.70. The van der Waals surface area contributed by atoms with Crippen molar-refractivity contribution in [3.8, 4) is 0 Å². The molecule has 4 N–H and O–H groups in total. The summed E-state index contributed by atoms with van der Waals surface area (Å²) in [6, 6.07) is 1.61. The Morgan fingerprint density at radius 3 is 2.85 bits per heavy atom. The lowest BCUT2D eigenvalue weighted by Crippen LogP contribution is -2.27. The van der Waals surface area contributed by atoms with Gasteiger partial charge in [-0.25, -0.2) is 0 Å². The maximum atomic E-state index is 10.5. The largest absolute Gasteiger partial charge is 0.389 e. The van der Waals surface area contributed by atoms with E-state index in [9.17, 15) is 15.0 Å². The second kappa shape index (κ2) is 4.48. The molecule has 0 aliphatic carbocycles. The maximum Gasteiger partial charge on any atom is 0.160 e. The number of carbonyl (C=O) groups is 1. The van der Waals surface area contributed by atoms with Crippen molar-refractivity contribution in [3.05, 3.63) is 21.9 Å². The molecule has 0 amide bonds. The molecule has 72 valence electrons. The van der Waals surface area contributed by atoms with Crippen LogP contribution < -0.4 is 5.73 Å². The van der Waals surface area contributed by atoms with E-state index in [4.69, 9.17) is 5.73 Å². The van der Waals surface area contributed by atoms with Crippen LogP contribution in [0.25, 0.3) is 0 Å². The lowest BCUT2D eigenvalue weighted by Gasteiger charge is -2.15. The van der Waals surface area contributed by atoms with Gasteiger partial charge < -0.3 is 15.9 Å². The van der Waals surface area contributed by atoms with E-state index in [1.807, 2.05) is 0 Å². The van der Waals surface area contributed by atoms with Crippen molar-refractivity contribution in [2.45, 2.75) is 12.2 Å². The summed E-state index contributed by atoms with van der Waals surface area (Å²) >= 11 is 1.23. The van der Waals surface area contributed by atoms with Crippen molar-refractivity contribution < 1.29 is 15.0 Å². The minimum absolute atomic E-state index is 0.0324. The summed E-state index contributed by atoms with van der Waals surface area (Å²) in [7, 11) is 0. The first kappa shape index (κ1) is 10.3. The van der Waals surface area contributed by atoms with Crippen molar-refractivity contribution in [3.63, 3.8) is 0 Å². The van der Waals surface area contributed by atoms with Gasteiger partial charge in [0.2, 0.25) is 0 Å². The first-order valence-corrected chi connectivity index (χ1v) is 4.67. The number of nitrogens with two attached hydrogens (primary N) is 1. The fourth-order valence-electron chi connectivity index (χ4n) is 1.01. The van der Waals surface area contributed by atoms with E-state index in [1.54, 1.807) is 11.4 Å². The van der Waals surface area contributed by atoms with E-state index in [0.717, 1.165) is 0 Å². The van der Waals surface area contributed by atoms with Gasteiger partial charge in [0.05, 0.1) is 11.0 Å². The molecule has 0 saturated carbocycles. The van der Waals surface area contributed by atoms with E-state index < -0.39 is 12.2 Å². The molecule has 13 heavy (non-hydrogen) atoms. The highest BCUT2D eigenvalue weighted by Gasteiger charge is 2.20. The molecule has 1 rings (SSSR count). The van der Waals surface area contributed by atoms with E-state index in [2.05, 4.69) is 0 Å². The zero-order valence-electron chi connectivity index (χ0n) is 6.88. The summed E-state index contributed by atoms with van der Waals surface area (Å²) in [6.07, 6.45) is -1.43. The highest BCUT2D eigenvalue weighted by atomic mass is 32.1. The van der Waals surface area contributed by atoms with Crippen molar-refractivity contribution in [2.75, 3.05) is 6.54 Å². The number of hydrogen-bond acceptors (Lipinski definition) is 5. The number of thiophene rings is 1. The Morgan fingerprint density at radius 1 is 1.62 bits per heavy atom. The predicted molar refractivity (Wildman–Crippen MR) is 49.7 cm³/mol. The summed E-state index contributed by atoms with van der Waals surface area (Å²) in [5.74, 6) is 0. The van der Waals surface area contributed by atoms with Crippen molar-refractivity contribution >= 4 is 17.6 Å². The minimum atomic E-state index is -1.07. The van der Waals surface area contributed by atoms with Crippen LogP contribution >= 0.6 is 11.3 Å². The van der Waals surface area contributed by atoms with Crippen LogP contribution in [-0.2, 0) is 0 Å². The van der Waals surface area contributed by atoms with Gasteiger partial charge in [0, 0.05) is 12.1 Å². The summed E-state index contributed by atoms with van der Waals surface area (Å²) in [6.45, 7) is -0.0324. The van der Waals surface area contributed by atoms with Gasteiger partial charge in [0.1, 0.15) is 6.10 Å². The highest BCUT2D eigenvalue weighted by Crippen LogP contribution is 2.23. The Labute approximate surface area is 79.6 Å². The number of hydrogen-bond donors (Lipinski definition) is 3. The molecule has 1 aromatic heterocycles. The lowest BCUT2D eigenvalue weighted by atomic mass is 10.1. The average molecular weight is 201 g/mol. The van der Waals surface area contributed by atoms with Gasteiger partial charge in [-0.15, -0.1) is 11.3 Å². The third-order valence-corrected chi connectivity index (χ3v) is 2.62. The molecule has 0 radical (unpaired) electrons. The minimum Gasteiger partial charge on any atom is -0.389 e. The predicted octanol–water partition coefficient (Wildman–Crippen LogP) is -0.0864. The molecule has 0 spiro atoms. The summed E-state index contributed by atoms with van der Waals surface area (Å²) in [5.41, 5.74) is 5.62. The normalized spacial score (nSPS) is 15.3. The van der Waals surface area contributed by atoms with Crippen LogP contribution in [0.5, 0.6) is 0 Å². The van der Waals surface area contributed by atoms with Crippen LogP contribution in [0.1, 0.15) is 21.3 Å². The van der Waals surface area contributed by atoms with Crippen LogP contribution in [0, 0.1) is 0 Å². The second-order valence-electron chi connectivity index (χ2n) is 2.61. The van der Waals surface area contributed by atoms with Crippen molar-refractivity contribution in [2.24, 2.45) is 5.73 Å².